The van der Waals surface area contributed by atoms with Gasteiger partial charge in [0.05, 0.1) is 14.2 Å². The van der Waals surface area contributed by atoms with Crippen molar-refractivity contribution in [3.05, 3.63) is 71.5 Å². The van der Waals surface area contributed by atoms with Gasteiger partial charge in [0.15, 0.2) is 17.3 Å². The monoisotopic (exact) mass is 324 g/mol. The molecule has 0 heterocycles. The number of Topliss-reactive ketones (excluding diaryl/α,β-unsaturated/α-hetero) is 1. The molecule has 3 aromatic rings. The van der Waals surface area contributed by atoms with Crippen LogP contribution in [0.15, 0.2) is 54.6 Å². The van der Waals surface area contributed by atoms with E-state index in [0.29, 0.717) is 11.1 Å². The van der Waals surface area contributed by atoms with Gasteiger partial charge in [0.2, 0.25) is 0 Å². The Labute approximate surface area is 139 Å². The van der Waals surface area contributed by atoms with Gasteiger partial charge in [0, 0.05) is 17.4 Å². The van der Waals surface area contributed by atoms with Crippen LogP contribution in [-0.2, 0) is 6.42 Å². The van der Waals surface area contributed by atoms with Gasteiger partial charge in [0.1, 0.15) is 5.75 Å². The Balaban J connectivity index is 1.96. The first-order valence-corrected chi connectivity index (χ1v) is 7.55. The lowest BCUT2D eigenvalue weighted by Gasteiger charge is -2.10. The van der Waals surface area contributed by atoms with Crippen LogP contribution >= 0.6 is 0 Å². The van der Waals surface area contributed by atoms with Gasteiger partial charge >= 0.3 is 0 Å². The molecule has 0 unspecified atom stereocenters. The maximum absolute atomic E-state index is 13.8. The summed E-state index contributed by atoms with van der Waals surface area (Å²) in [5.41, 5.74) is 1.21. The first-order valence-electron chi connectivity index (χ1n) is 7.55. The molecule has 0 N–H and O–H groups in total. The summed E-state index contributed by atoms with van der Waals surface area (Å²) in [6.45, 7) is 0. The molecule has 0 saturated carbocycles. The van der Waals surface area contributed by atoms with Crippen LogP contribution in [0.3, 0.4) is 0 Å². The number of hydrogen-bond donors (Lipinski definition) is 0. The van der Waals surface area contributed by atoms with E-state index >= 15 is 0 Å². The quantitative estimate of drug-likeness (QED) is 0.652. The van der Waals surface area contributed by atoms with Crippen LogP contribution in [0.25, 0.3) is 10.8 Å². The molecule has 0 fully saturated rings. The van der Waals surface area contributed by atoms with Crippen LogP contribution in [0.4, 0.5) is 4.39 Å². The van der Waals surface area contributed by atoms with Crippen molar-refractivity contribution in [3.63, 3.8) is 0 Å². The Hall–Kier alpha value is -2.88. The fourth-order valence-corrected chi connectivity index (χ4v) is 2.79. The molecule has 0 bridgehead atoms. The van der Waals surface area contributed by atoms with Crippen molar-refractivity contribution in [1.29, 1.82) is 0 Å². The van der Waals surface area contributed by atoms with E-state index in [-0.39, 0.29) is 18.0 Å². The molecule has 3 nitrogen and oxygen atoms in total. The molecular formula is C20H17FO3. The average Bonchev–Trinajstić information content (AvgIpc) is 2.60. The first kappa shape index (κ1) is 16.0. The van der Waals surface area contributed by atoms with Gasteiger partial charge in [-0.15, -0.1) is 0 Å². The van der Waals surface area contributed by atoms with Gasteiger partial charge in [-0.3, -0.25) is 4.79 Å². The smallest absolute Gasteiger partial charge is 0.167 e. The predicted molar refractivity (Wildman–Crippen MR) is 91.5 cm³/mol. The van der Waals surface area contributed by atoms with Gasteiger partial charge in [0.25, 0.3) is 0 Å². The van der Waals surface area contributed by atoms with E-state index in [1.807, 2.05) is 24.3 Å². The normalized spacial score (nSPS) is 10.6. The topological polar surface area (TPSA) is 35.5 Å². The summed E-state index contributed by atoms with van der Waals surface area (Å²) in [6.07, 6.45) is 0.122. The molecular weight excluding hydrogens is 307 g/mol. The highest BCUT2D eigenvalue weighted by Gasteiger charge is 2.14. The van der Waals surface area contributed by atoms with E-state index in [4.69, 9.17) is 9.47 Å². The third-order valence-electron chi connectivity index (χ3n) is 3.99. The number of benzene rings is 3. The van der Waals surface area contributed by atoms with Crippen LogP contribution in [-0.4, -0.2) is 20.0 Å². The fourth-order valence-electron chi connectivity index (χ4n) is 2.79. The minimum absolute atomic E-state index is 0.0709. The minimum atomic E-state index is -0.470. The van der Waals surface area contributed by atoms with Crippen molar-refractivity contribution in [1.82, 2.24) is 0 Å². The standard InChI is InChI=1S/C20H17FO3/c1-23-19-10-8-15(14-5-3-4-6-16(14)19)18(22)12-13-7-9-20(24-2)17(21)11-13/h3-11H,12H2,1-2H3. The van der Waals surface area contributed by atoms with Crippen molar-refractivity contribution < 1.29 is 18.7 Å². The molecule has 3 aromatic carbocycles. The van der Waals surface area contributed by atoms with E-state index in [0.717, 1.165) is 16.5 Å². The number of carbonyl (C=O) groups excluding carboxylic acids is 1. The van der Waals surface area contributed by atoms with Gasteiger partial charge in [-0.1, -0.05) is 30.3 Å². The Morgan fingerprint density at radius 1 is 0.917 bits per heavy atom. The van der Waals surface area contributed by atoms with Gasteiger partial charge < -0.3 is 9.47 Å². The van der Waals surface area contributed by atoms with Crippen LogP contribution < -0.4 is 9.47 Å². The maximum Gasteiger partial charge on any atom is 0.167 e. The SMILES string of the molecule is COc1ccc(CC(=O)c2ccc(OC)c3ccccc23)cc1F. The van der Waals surface area contributed by atoms with Crippen LogP contribution in [0.5, 0.6) is 11.5 Å². The summed E-state index contributed by atoms with van der Waals surface area (Å²) >= 11 is 0. The first-order chi connectivity index (χ1) is 11.6. The molecule has 0 aliphatic heterocycles. The van der Waals surface area contributed by atoms with Gasteiger partial charge in [-0.25, -0.2) is 4.39 Å². The second-order valence-electron chi connectivity index (χ2n) is 5.43. The van der Waals surface area contributed by atoms with Crippen LogP contribution in [0.2, 0.25) is 0 Å². The number of methoxy groups -OCH3 is 2. The van der Waals surface area contributed by atoms with Gasteiger partial charge in [-0.2, -0.15) is 0 Å². The highest BCUT2D eigenvalue weighted by atomic mass is 19.1. The minimum Gasteiger partial charge on any atom is -0.496 e. The second kappa shape index (κ2) is 6.71. The number of fused-ring (bicyclic) bond motifs is 1. The summed E-state index contributed by atoms with van der Waals surface area (Å²) in [5.74, 6) is 0.347. The lowest BCUT2D eigenvalue weighted by Crippen LogP contribution is -2.05. The number of ether oxygens (including phenoxy) is 2. The molecule has 0 spiro atoms. The molecule has 0 atom stereocenters. The second-order valence-corrected chi connectivity index (χ2v) is 5.43. The zero-order chi connectivity index (χ0) is 17.1. The van der Waals surface area contributed by atoms with E-state index in [1.54, 1.807) is 25.3 Å². The number of carbonyl (C=O) groups is 1. The molecule has 0 aliphatic rings. The van der Waals surface area contributed by atoms with Crippen molar-refractivity contribution in [2.45, 2.75) is 6.42 Å². The summed E-state index contributed by atoms with van der Waals surface area (Å²) in [4.78, 5) is 12.7. The Kier molecular flexibility index (Phi) is 4.47. The highest BCUT2D eigenvalue weighted by molar-refractivity contribution is 6.10. The van der Waals surface area contributed by atoms with E-state index < -0.39 is 5.82 Å². The highest BCUT2D eigenvalue weighted by Crippen LogP contribution is 2.29. The molecule has 3 rings (SSSR count). The Morgan fingerprint density at radius 2 is 1.58 bits per heavy atom. The Bertz CT molecular complexity index is 903. The number of rotatable bonds is 5. The lowest BCUT2D eigenvalue weighted by molar-refractivity contribution is 0.0994. The third-order valence-corrected chi connectivity index (χ3v) is 3.99. The summed E-state index contributed by atoms with van der Waals surface area (Å²) in [7, 11) is 3.01. The van der Waals surface area contributed by atoms with Crippen LogP contribution in [0, 0.1) is 5.82 Å². The fraction of sp³-hybridized carbons (Fsp3) is 0.150. The third kappa shape index (κ3) is 2.95. The molecule has 0 saturated heterocycles. The van der Waals surface area contributed by atoms with Crippen LogP contribution in [0.1, 0.15) is 15.9 Å². The van der Waals surface area contributed by atoms with Crippen molar-refractivity contribution in [3.8, 4) is 11.5 Å². The maximum atomic E-state index is 13.8. The number of ketones is 1. The lowest BCUT2D eigenvalue weighted by atomic mass is 9.97. The van der Waals surface area contributed by atoms with Crippen molar-refractivity contribution >= 4 is 16.6 Å². The van der Waals surface area contributed by atoms with E-state index in [2.05, 4.69) is 0 Å². The molecule has 4 heteroatoms. The Morgan fingerprint density at radius 3 is 2.25 bits per heavy atom. The predicted octanol–water partition coefficient (Wildman–Crippen LogP) is 4.42. The molecule has 0 radical (unpaired) electrons. The summed E-state index contributed by atoms with van der Waals surface area (Å²) < 4.78 is 24.0. The van der Waals surface area contributed by atoms with Gasteiger partial charge in [-0.05, 0) is 35.2 Å². The molecule has 122 valence electrons. The van der Waals surface area contributed by atoms with Crippen molar-refractivity contribution in [2.75, 3.05) is 14.2 Å². The molecule has 0 amide bonds. The van der Waals surface area contributed by atoms with E-state index in [9.17, 15) is 9.18 Å². The molecule has 0 aromatic heterocycles. The summed E-state index contributed by atoms with van der Waals surface area (Å²) in [6, 6.07) is 15.7. The van der Waals surface area contributed by atoms with E-state index in [1.165, 1.54) is 19.2 Å². The molecule has 24 heavy (non-hydrogen) atoms. The number of halogens is 1. The molecule has 0 aliphatic carbocycles. The average molecular weight is 324 g/mol. The zero-order valence-electron chi connectivity index (χ0n) is 13.5. The summed E-state index contributed by atoms with van der Waals surface area (Å²) in [5, 5.41) is 1.71. The largest absolute Gasteiger partial charge is 0.496 e. The van der Waals surface area contributed by atoms with Crippen molar-refractivity contribution in [2.24, 2.45) is 0 Å². The zero-order valence-corrected chi connectivity index (χ0v) is 13.5. The number of hydrogen-bond acceptors (Lipinski definition) is 3.